The van der Waals surface area contributed by atoms with Crippen molar-refractivity contribution in [1.29, 1.82) is 0 Å². The van der Waals surface area contributed by atoms with Gasteiger partial charge in [-0.1, -0.05) is 6.07 Å². The average molecular weight is 393 g/mol. The number of benzene rings is 1. The Kier molecular flexibility index (Phi) is 6.51. The molecule has 0 aliphatic rings. The minimum Gasteiger partial charge on any atom is -0.481 e. The smallest absolute Gasteiger partial charge is 0.303 e. The Balaban J connectivity index is 2.71. The highest BCUT2D eigenvalue weighted by molar-refractivity contribution is 9.13. The summed E-state index contributed by atoms with van der Waals surface area (Å²) in [6.45, 7) is 1.44. The van der Waals surface area contributed by atoms with E-state index in [0.717, 1.165) is 14.5 Å². The molecule has 0 fully saturated rings. The van der Waals surface area contributed by atoms with Crippen LogP contribution in [0.15, 0.2) is 27.1 Å². The van der Waals surface area contributed by atoms with Crippen LogP contribution in [-0.4, -0.2) is 23.0 Å². The summed E-state index contributed by atoms with van der Waals surface area (Å²) in [4.78, 5) is 21.7. The molecule has 1 rings (SSSR count). The van der Waals surface area contributed by atoms with Gasteiger partial charge in [0.15, 0.2) is 0 Å². The second-order valence-electron chi connectivity index (χ2n) is 4.28. The van der Waals surface area contributed by atoms with Crippen molar-refractivity contribution in [1.82, 2.24) is 5.32 Å². The minimum atomic E-state index is -0.854. The van der Waals surface area contributed by atoms with Crippen LogP contribution in [0.5, 0.6) is 0 Å². The molecule has 104 valence electrons. The van der Waals surface area contributed by atoms with Crippen molar-refractivity contribution in [2.75, 3.05) is 0 Å². The Hall–Kier alpha value is -0.880. The first kappa shape index (κ1) is 16.2. The molecule has 0 radical (unpaired) electrons. The molecule has 1 unspecified atom stereocenters. The van der Waals surface area contributed by atoms with Crippen LogP contribution in [0.2, 0.25) is 0 Å². The lowest BCUT2D eigenvalue weighted by Crippen LogP contribution is -2.35. The van der Waals surface area contributed by atoms with Crippen molar-refractivity contribution >= 4 is 43.7 Å². The zero-order chi connectivity index (χ0) is 14.4. The summed E-state index contributed by atoms with van der Waals surface area (Å²) in [5.41, 5.74) is 1.04. The predicted octanol–water partition coefficient (Wildman–Crippen LogP) is 3.12. The third-order valence-electron chi connectivity index (χ3n) is 2.58. The van der Waals surface area contributed by atoms with E-state index in [-0.39, 0.29) is 18.4 Å². The number of carboxylic acids is 1. The summed E-state index contributed by atoms with van der Waals surface area (Å²) >= 11 is 6.81. The van der Waals surface area contributed by atoms with Crippen LogP contribution in [0.1, 0.15) is 25.3 Å². The van der Waals surface area contributed by atoms with Crippen LogP contribution in [0.4, 0.5) is 0 Å². The van der Waals surface area contributed by atoms with E-state index < -0.39 is 5.97 Å². The van der Waals surface area contributed by atoms with Gasteiger partial charge in [0.2, 0.25) is 5.91 Å². The Morgan fingerprint density at radius 1 is 1.32 bits per heavy atom. The Bertz CT molecular complexity index is 477. The number of aliphatic carboxylic acids is 1. The molecule has 0 spiro atoms. The standard InChI is InChI=1S/C13H15Br2NO3/c1-8(17)16-10(3-5-13(18)19)6-9-2-4-11(14)12(15)7-9/h2,4,7,10H,3,5-6H2,1H3,(H,16,17)(H,18,19). The molecular weight excluding hydrogens is 378 g/mol. The summed E-state index contributed by atoms with van der Waals surface area (Å²) in [6, 6.07) is 5.66. The van der Waals surface area contributed by atoms with Gasteiger partial charge in [0.1, 0.15) is 0 Å². The summed E-state index contributed by atoms with van der Waals surface area (Å²) in [7, 11) is 0. The van der Waals surface area contributed by atoms with Gasteiger partial charge in [-0.3, -0.25) is 9.59 Å². The quantitative estimate of drug-likeness (QED) is 0.781. The lowest BCUT2D eigenvalue weighted by atomic mass is 10.0. The second kappa shape index (κ2) is 7.65. The molecule has 19 heavy (non-hydrogen) atoms. The molecule has 0 saturated carbocycles. The zero-order valence-electron chi connectivity index (χ0n) is 10.5. The highest BCUT2D eigenvalue weighted by Gasteiger charge is 2.13. The molecule has 0 aliphatic carbocycles. The second-order valence-corrected chi connectivity index (χ2v) is 5.99. The van der Waals surface area contributed by atoms with Gasteiger partial charge < -0.3 is 10.4 Å². The van der Waals surface area contributed by atoms with Gasteiger partial charge in [-0.15, -0.1) is 0 Å². The Morgan fingerprint density at radius 2 is 2.00 bits per heavy atom. The van der Waals surface area contributed by atoms with Crippen LogP contribution >= 0.6 is 31.9 Å². The number of carbonyl (C=O) groups excluding carboxylic acids is 1. The van der Waals surface area contributed by atoms with Gasteiger partial charge in [0, 0.05) is 28.3 Å². The Labute approximate surface area is 128 Å². The van der Waals surface area contributed by atoms with E-state index in [2.05, 4.69) is 37.2 Å². The van der Waals surface area contributed by atoms with E-state index in [1.807, 2.05) is 18.2 Å². The molecule has 1 aromatic carbocycles. The zero-order valence-corrected chi connectivity index (χ0v) is 13.6. The normalized spacial score (nSPS) is 11.9. The fourth-order valence-corrected chi connectivity index (χ4v) is 2.43. The molecule has 6 heteroatoms. The van der Waals surface area contributed by atoms with Gasteiger partial charge in [-0.05, 0) is 62.4 Å². The molecule has 0 aromatic heterocycles. The maximum absolute atomic E-state index is 11.1. The molecule has 0 heterocycles. The van der Waals surface area contributed by atoms with E-state index >= 15 is 0 Å². The van der Waals surface area contributed by atoms with Crippen LogP contribution in [0.25, 0.3) is 0 Å². The molecule has 2 N–H and O–H groups in total. The first-order valence-corrected chi connectivity index (χ1v) is 7.40. The number of rotatable bonds is 6. The van der Waals surface area contributed by atoms with E-state index in [9.17, 15) is 9.59 Å². The maximum atomic E-state index is 11.1. The van der Waals surface area contributed by atoms with E-state index in [0.29, 0.717) is 12.8 Å². The van der Waals surface area contributed by atoms with Gasteiger partial charge in [0.05, 0.1) is 0 Å². The lowest BCUT2D eigenvalue weighted by Gasteiger charge is -2.17. The van der Waals surface area contributed by atoms with Crippen LogP contribution in [0.3, 0.4) is 0 Å². The number of hydrogen-bond acceptors (Lipinski definition) is 2. The molecule has 1 amide bonds. The topological polar surface area (TPSA) is 66.4 Å². The first-order valence-electron chi connectivity index (χ1n) is 5.81. The molecule has 0 saturated heterocycles. The monoisotopic (exact) mass is 391 g/mol. The SMILES string of the molecule is CC(=O)NC(CCC(=O)O)Cc1ccc(Br)c(Br)c1. The number of hydrogen-bond donors (Lipinski definition) is 2. The fourth-order valence-electron chi connectivity index (χ4n) is 1.76. The highest BCUT2D eigenvalue weighted by Crippen LogP contribution is 2.24. The largest absolute Gasteiger partial charge is 0.481 e. The summed E-state index contributed by atoms with van der Waals surface area (Å²) in [5.74, 6) is -1.00. The van der Waals surface area contributed by atoms with Crippen molar-refractivity contribution in [2.24, 2.45) is 0 Å². The molecular formula is C13H15Br2NO3. The Morgan fingerprint density at radius 3 is 2.53 bits per heavy atom. The number of nitrogens with one attached hydrogen (secondary N) is 1. The van der Waals surface area contributed by atoms with E-state index in [4.69, 9.17) is 5.11 Å². The van der Waals surface area contributed by atoms with Gasteiger partial charge in [-0.25, -0.2) is 0 Å². The number of carboxylic acid groups (broad SMARTS) is 1. The lowest BCUT2D eigenvalue weighted by molar-refractivity contribution is -0.137. The third-order valence-corrected chi connectivity index (χ3v) is 4.46. The highest BCUT2D eigenvalue weighted by atomic mass is 79.9. The van der Waals surface area contributed by atoms with Gasteiger partial charge >= 0.3 is 5.97 Å². The van der Waals surface area contributed by atoms with E-state index in [1.165, 1.54) is 6.92 Å². The van der Waals surface area contributed by atoms with Crippen molar-refractivity contribution in [3.8, 4) is 0 Å². The molecule has 4 nitrogen and oxygen atoms in total. The van der Waals surface area contributed by atoms with Crippen molar-refractivity contribution in [3.63, 3.8) is 0 Å². The predicted molar refractivity (Wildman–Crippen MR) is 80.0 cm³/mol. The van der Waals surface area contributed by atoms with E-state index in [1.54, 1.807) is 0 Å². The summed E-state index contributed by atoms with van der Waals surface area (Å²) in [5, 5.41) is 11.5. The van der Waals surface area contributed by atoms with Crippen molar-refractivity contribution in [3.05, 3.63) is 32.7 Å². The van der Waals surface area contributed by atoms with Crippen molar-refractivity contribution < 1.29 is 14.7 Å². The van der Waals surface area contributed by atoms with Crippen LogP contribution in [-0.2, 0) is 16.0 Å². The average Bonchev–Trinajstić information content (AvgIpc) is 2.30. The third kappa shape index (κ3) is 6.20. The molecule has 0 aliphatic heterocycles. The summed E-state index contributed by atoms with van der Waals surface area (Å²) in [6.07, 6.45) is 1.07. The van der Waals surface area contributed by atoms with Gasteiger partial charge in [-0.2, -0.15) is 0 Å². The number of carbonyl (C=O) groups is 2. The maximum Gasteiger partial charge on any atom is 0.303 e. The van der Waals surface area contributed by atoms with Crippen molar-refractivity contribution in [2.45, 2.75) is 32.2 Å². The molecule has 0 bridgehead atoms. The van der Waals surface area contributed by atoms with Crippen LogP contribution < -0.4 is 5.32 Å². The minimum absolute atomic E-state index is 0.0443. The number of amides is 1. The first-order chi connectivity index (χ1) is 8.88. The molecule has 1 aromatic rings. The van der Waals surface area contributed by atoms with Gasteiger partial charge in [0.25, 0.3) is 0 Å². The summed E-state index contributed by atoms with van der Waals surface area (Å²) < 4.78 is 1.89. The molecule has 1 atom stereocenters. The van der Waals surface area contributed by atoms with Crippen LogP contribution in [0, 0.1) is 0 Å². The fraction of sp³-hybridized carbons (Fsp3) is 0.385. The number of halogens is 2.